The van der Waals surface area contributed by atoms with Crippen LogP contribution < -0.4 is 15.5 Å². The SMILES string of the molecule is Nc1nnc(-c2ccccc2O)cc1N1CC2CCC(C1)N2c1ccnc(C#CCN2C3COCC2CC(F)C3)c1. The highest BCUT2D eigenvalue weighted by Gasteiger charge is 2.41. The fourth-order valence-electron chi connectivity index (χ4n) is 7.04. The van der Waals surface area contributed by atoms with E-state index in [1.54, 1.807) is 12.1 Å². The summed E-state index contributed by atoms with van der Waals surface area (Å²) in [7, 11) is 0. The van der Waals surface area contributed by atoms with Crippen LogP contribution >= 0.6 is 0 Å². The zero-order valence-electron chi connectivity index (χ0n) is 22.9. The predicted octanol–water partition coefficient (Wildman–Crippen LogP) is 3.24. The van der Waals surface area contributed by atoms with Crippen molar-refractivity contribution < 1.29 is 14.2 Å². The van der Waals surface area contributed by atoms with Crippen LogP contribution in [0.4, 0.5) is 21.6 Å². The molecular weight excluding hydrogens is 521 g/mol. The van der Waals surface area contributed by atoms with Crippen LogP contribution in [0.5, 0.6) is 5.75 Å². The van der Waals surface area contributed by atoms with Crippen LogP contribution in [0.25, 0.3) is 11.3 Å². The lowest BCUT2D eigenvalue weighted by Gasteiger charge is -2.45. The number of hydrogen-bond acceptors (Lipinski definition) is 9. The number of phenols is 1. The zero-order valence-corrected chi connectivity index (χ0v) is 22.9. The summed E-state index contributed by atoms with van der Waals surface area (Å²) in [5.74, 6) is 7.13. The van der Waals surface area contributed by atoms with E-state index in [0.29, 0.717) is 61.8 Å². The van der Waals surface area contributed by atoms with Crippen LogP contribution in [0.1, 0.15) is 31.4 Å². The van der Waals surface area contributed by atoms with E-state index in [1.807, 2.05) is 24.4 Å². The van der Waals surface area contributed by atoms with E-state index in [2.05, 4.69) is 53.9 Å². The van der Waals surface area contributed by atoms with Gasteiger partial charge in [0.05, 0.1) is 31.1 Å². The molecule has 3 N–H and O–H groups in total. The molecule has 0 amide bonds. The molecule has 7 rings (SSSR count). The van der Waals surface area contributed by atoms with Crippen LogP contribution in [0.3, 0.4) is 0 Å². The highest BCUT2D eigenvalue weighted by atomic mass is 19.1. The van der Waals surface area contributed by atoms with E-state index in [0.717, 1.165) is 43.0 Å². The Morgan fingerprint density at radius 3 is 2.51 bits per heavy atom. The molecule has 4 atom stereocenters. The molecule has 4 bridgehead atoms. The van der Waals surface area contributed by atoms with Crippen LogP contribution in [-0.4, -0.2) is 88.4 Å². The largest absolute Gasteiger partial charge is 0.507 e. The number of phenolic OH excluding ortho intramolecular Hbond substituents is 1. The number of rotatable bonds is 4. The average molecular weight is 556 g/mol. The molecule has 4 unspecified atom stereocenters. The summed E-state index contributed by atoms with van der Waals surface area (Å²) in [4.78, 5) is 11.6. The van der Waals surface area contributed by atoms with Gasteiger partial charge in [-0.1, -0.05) is 18.1 Å². The maximum Gasteiger partial charge on any atom is 0.169 e. The van der Waals surface area contributed by atoms with E-state index < -0.39 is 6.17 Å². The Morgan fingerprint density at radius 2 is 1.76 bits per heavy atom. The number of nitrogens with zero attached hydrogens (tertiary/aromatic N) is 6. The van der Waals surface area contributed by atoms with Crippen molar-refractivity contribution in [1.82, 2.24) is 20.1 Å². The summed E-state index contributed by atoms with van der Waals surface area (Å²) in [6.07, 6.45) is 4.33. The van der Waals surface area contributed by atoms with Crippen molar-refractivity contribution in [2.75, 3.05) is 48.4 Å². The van der Waals surface area contributed by atoms with Crippen LogP contribution in [0.15, 0.2) is 48.7 Å². The Labute approximate surface area is 239 Å². The third-order valence-corrected chi connectivity index (χ3v) is 8.94. The molecule has 9 nitrogen and oxygen atoms in total. The van der Waals surface area contributed by atoms with E-state index in [9.17, 15) is 9.50 Å². The average Bonchev–Trinajstić information content (AvgIpc) is 3.23. The van der Waals surface area contributed by atoms with E-state index in [1.165, 1.54) is 0 Å². The van der Waals surface area contributed by atoms with Gasteiger partial charge in [0.25, 0.3) is 0 Å². The highest BCUT2D eigenvalue weighted by Crippen LogP contribution is 2.39. The van der Waals surface area contributed by atoms with E-state index in [-0.39, 0.29) is 17.8 Å². The minimum atomic E-state index is -0.738. The van der Waals surface area contributed by atoms with Crippen molar-refractivity contribution in [3.05, 3.63) is 54.4 Å². The van der Waals surface area contributed by atoms with Gasteiger partial charge < -0.3 is 25.4 Å². The molecule has 212 valence electrons. The summed E-state index contributed by atoms with van der Waals surface area (Å²) in [6.45, 7) is 3.39. The van der Waals surface area contributed by atoms with Gasteiger partial charge in [-0.2, -0.15) is 0 Å². The molecule has 0 aliphatic carbocycles. The molecule has 0 radical (unpaired) electrons. The summed E-state index contributed by atoms with van der Waals surface area (Å²) in [5.41, 5.74) is 10.3. The molecule has 0 spiro atoms. The van der Waals surface area contributed by atoms with Crippen molar-refractivity contribution in [1.29, 1.82) is 0 Å². The quantitative estimate of drug-likeness (QED) is 0.470. The number of halogens is 1. The smallest absolute Gasteiger partial charge is 0.169 e. The zero-order chi connectivity index (χ0) is 27.9. The molecule has 4 aliphatic rings. The summed E-state index contributed by atoms with van der Waals surface area (Å²) >= 11 is 0. The van der Waals surface area contributed by atoms with Gasteiger partial charge in [-0.3, -0.25) is 4.90 Å². The Kier molecular flexibility index (Phi) is 6.85. The lowest BCUT2D eigenvalue weighted by atomic mass is 9.93. The summed E-state index contributed by atoms with van der Waals surface area (Å²) < 4.78 is 19.7. The number of alkyl halides is 1. The second kappa shape index (κ2) is 10.8. The maximum absolute atomic E-state index is 14.0. The van der Waals surface area contributed by atoms with Gasteiger partial charge in [0.2, 0.25) is 0 Å². The number of anilines is 3. The number of nitrogen functional groups attached to an aromatic ring is 1. The molecule has 10 heteroatoms. The molecule has 41 heavy (non-hydrogen) atoms. The number of ether oxygens (including phenoxy) is 1. The minimum absolute atomic E-state index is 0.108. The molecule has 2 aromatic heterocycles. The van der Waals surface area contributed by atoms with Crippen molar-refractivity contribution in [3.8, 4) is 28.8 Å². The van der Waals surface area contributed by atoms with Gasteiger partial charge >= 0.3 is 0 Å². The van der Waals surface area contributed by atoms with Gasteiger partial charge in [-0.15, -0.1) is 10.2 Å². The topological polar surface area (TPSA) is 104 Å². The number of benzene rings is 1. The Bertz CT molecular complexity index is 1460. The molecule has 1 aromatic carbocycles. The first-order valence-corrected chi connectivity index (χ1v) is 14.4. The first-order chi connectivity index (χ1) is 20.0. The van der Waals surface area contributed by atoms with Crippen molar-refractivity contribution >= 4 is 17.2 Å². The number of piperazine rings is 1. The van der Waals surface area contributed by atoms with Gasteiger partial charge in [0.1, 0.15) is 17.6 Å². The molecule has 4 aliphatic heterocycles. The Balaban J connectivity index is 1.06. The Hall–Kier alpha value is -3.94. The first kappa shape index (κ1) is 26.0. The lowest BCUT2D eigenvalue weighted by Crippen LogP contribution is -2.57. The number of aromatic nitrogens is 3. The van der Waals surface area contributed by atoms with Gasteiger partial charge in [0, 0.05) is 54.7 Å². The van der Waals surface area contributed by atoms with Crippen molar-refractivity contribution in [2.24, 2.45) is 0 Å². The fraction of sp³-hybridized carbons (Fsp3) is 0.452. The molecule has 0 saturated carbocycles. The van der Waals surface area contributed by atoms with Crippen LogP contribution in [0.2, 0.25) is 0 Å². The molecule has 4 fully saturated rings. The van der Waals surface area contributed by atoms with Crippen LogP contribution in [-0.2, 0) is 4.74 Å². The molecular formula is C31H34FN7O2. The number of morpholine rings is 1. The number of aromatic hydroxyl groups is 1. The second-order valence-electron chi connectivity index (χ2n) is 11.5. The van der Waals surface area contributed by atoms with Crippen molar-refractivity contribution in [3.63, 3.8) is 0 Å². The fourth-order valence-corrected chi connectivity index (χ4v) is 7.04. The summed E-state index contributed by atoms with van der Waals surface area (Å²) in [6, 6.07) is 14.1. The lowest BCUT2D eigenvalue weighted by molar-refractivity contribution is -0.0851. The normalized spacial score (nSPS) is 27.4. The standard InChI is InChI=1S/C31H34FN7O2/c32-20-12-25-18-41-19-26(13-20)38(25)11-3-4-21-14-22(9-10-34-21)39-23-7-8-24(39)17-37(16-23)29-15-28(35-36-31(29)33)27-5-1-2-6-30(27)40/h1-2,5-6,9-10,14-15,20,23-26,40H,7-8,11-13,16-19H2,(H2,33,36). The number of piperidine rings is 1. The second-order valence-corrected chi connectivity index (χ2v) is 11.5. The molecule has 4 saturated heterocycles. The monoisotopic (exact) mass is 555 g/mol. The van der Waals surface area contributed by atoms with Gasteiger partial charge in [-0.05, 0) is 61.9 Å². The third kappa shape index (κ3) is 5.04. The van der Waals surface area contributed by atoms with Crippen LogP contribution in [0, 0.1) is 11.8 Å². The minimum Gasteiger partial charge on any atom is -0.507 e. The molecule has 6 heterocycles. The number of para-hydroxylation sites is 1. The first-order valence-electron chi connectivity index (χ1n) is 14.4. The third-order valence-electron chi connectivity index (χ3n) is 8.94. The summed E-state index contributed by atoms with van der Waals surface area (Å²) in [5, 5.41) is 18.8. The highest BCUT2D eigenvalue weighted by molar-refractivity contribution is 5.74. The maximum atomic E-state index is 14.0. The van der Waals surface area contributed by atoms with Crippen molar-refractivity contribution in [2.45, 2.75) is 56.0 Å². The van der Waals surface area contributed by atoms with Gasteiger partial charge in [0.15, 0.2) is 5.82 Å². The number of fused-ring (bicyclic) bond motifs is 4. The van der Waals surface area contributed by atoms with E-state index in [4.69, 9.17) is 10.5 Å². The number of nitrogens with two attached hydrogens (primary N) is 1. The van der Waals surface area contributed by atoms with E-state index >= 15 is 0 Å². The van der Waals surface area contributed by atoms with Gasteiger partial charge in [-0.25, -0.2) is 9.37 Å². The predicted molar refractivity (Wildman–Crippen MR) is 155 cm³/mol. The molecule has 3 aromatic rings. The number of pyridine rings is 1. The number of hydrogen-bond donors (Lipinski definition) is 2. The Morgan fingerprint density at radius 1 is 1.00 bits per heavy atom.